The average Bonchev–Trinajstić information content (AvgIpc) is 2.17. The number of fused-ring (bicyclic) bond motifs is 1. The highest BCUT2D eigenvalue weighted by atomic mass is 16.1. The van der Waals surface area contributed by atoms with Crippen molar-refractivity contribution in [3.63, 3.8) is 0 Å². The van der Waals surface area contributed by atoms with E-state index in [1.807, 2.05) is 12.4 Å². The monoisotopic (exact) mass is 160 g/mol. The summed E-state index contributed by atoms with van der Waals surface area (Å²) < 4.78 is 0. The maximum absolute atomic E-state index is 10.3. The van der Waals surface area contributed by atoms with E-state index in [0.717, 1.165) is 12.8 Å². The summed E-state index contributed by atoms with van der Waals surface area (Å²) >= 11 is 0. The molecule has 1 aliphatic heterocycles. The Labute approximate surface area is 71.7 Å². The van der Waals surface area contributed by atoms with Gasteiger partial charge in [0.05, 0.1) is 11.7 Å². The number of hydrogen-bond acceptors (Lipinski definition) is 2. The minimum absolute atomic E-state index is 0.330. The Morgan fingerprint density at radius 2 is 2.33 bits per heavy atom. The fourth-order valence-corrected chi connectivity index (χ4v) is 1.57. The van der Waals surface area contributed by atoms with Crippen LogP contribution < -0.4 is 5.32 Å². The van der Waals surface area contributed by atoms with Crippen LogP contribution in [0.15, 0.2) is 35.6 Å². The maximum Gasteiger partial charge on any atom is 0.250 e. The number of hydrogen-bond donors (Lipinski definition) is 1. The fourth-order valence-electron chi connectivity index (χ4n) is 1.57. The van der Waals surface area contributed by atoms with Crippen LogP contribution in [-0.4, -0.2) is 12.3 Å². The minimum atomic E-state index is 0.330. The molecule has 2 nitrogen and oxygen atoms in total. The number of carbonyl (C=O) groups excluding carboxylic acids is 1. The van der Waals surface area contributed by atoms with Crippen LogP contribution in [0.2, 0.25) is 0 Å². The predicted molar refractivity (Wildman–Crippen MR) is 47.2 cm³/mol. The zero-order chi connectivity index (χ0) is 8.39. The van der Waals surface area contributed by atoms with Gasteiger partial charge in [-0.05, 0) is 24.5 Å². The molecule has 0 fully saturated rings. The van der Waals surface area contributed by atoms with Crippen LogP contribution in [0.5, 0.6) is 0 Å². The summed E-state index contributed by atoms with van der Waals surface area (Å²) in [7, 11) is 0. The molecule has 1 unspecified atom stereocenters. The van der Waals surface area contributed by atoms with Crippen LogP contribution in [0.25, 0.3) is 0 Å². The van der Waals surface area contributed by atoms with E-state index in [4.69, 9.17) is 0 Å². The lowest BCUT2D eigenvalue weighted by Crippen LogP contribution is -2.33. The summed E-state index contributed by atoms with van der Waals surface area (Å²) in [6.07, 6.45) is 12.0. The van der Waals surface area contributed by atoms with Crippen molar-refractivity contribution < 1.29 is 4.79 Å². The van der Waals surface area contributed by atoms with Crippen LogP contribution in [0, 0.1) is 0 Å². The molecule has 1 aliphatic carbocycles. The van der Waals surface area contributed by atoms with Gasteiger partial charge in [-0.1, -0.05) is 18.2 Å². The van der Waals surface area contributed by atoms with Crippen molar-refractivity contribution in [3.05, 3.63) is 35.6 Å². The molecule has 1 N–H and O–H groups in total. The SMILES string of the molecule is O=[C]C1=CC=C2CC=CCC2N1. The van der Waals surface area contributed by atoms with E-state index in [1.54, 1.807) is 6.08 Å². The van der Waals surface area contributed by atoms with Crippen LogP contribution in [-0.2, 0) is 4.79 Å². The van der Waals surface area contributed by atoms with E-state index in [-0.39, 0.29) is 0 Å². The molecule has 61 valence electrons. The Balaban J connectivity index is 2.22. The molecule has 0 aromatic rings. The fraction of sp³-hybridized carbons (Fsp3) is 0.300. The van der Waals surface area contributed by atoms with E-state index in [9.17, 15) is 4.79 Å². The van der Waals surface area contributed by atoms with E-state index in [1.165, 1.54) is 5.57 Å². The molecule has 12 heavy (non-hydrogen) atoms. The second-order valence-corrected chi connectivity index (χ2v) is 3.03. The van der Waals surface area contributed by atoms with Crippen LogP contribution >= 0.6 is 0 Å². The predicted octanol–water partition coefficient (Wildman–Crippen LogP) is 1.23. The highest BCUT2D eigenvalue weighted by Crippen LogP contribution is 2.21. The van der Waals surface area contributed by atoms with Crippen molar-refractivity contribution in [3.8, 4) is 0 Å². The van der Waals surface area contributed by atoms with Crippen molar-refractivity contribution in [1.82, 2.24) is 5.32 Å². The first-order valence-corrected chi connectivity index (χ1v) is 4.10. The van der Waals surface area contributed by atoms with E-state index in [2.05, 4.69) is 17.5 Å². The van der Waals surface area contributed by atoms with Crippen molar-refractivity contribution in [2.75, 3.05) is 0 Å². The number of dihydropyridines is 1. The zero-order valence-electron chi connectivity index (χ0n) is 6.71. The summed E-state index contributed by atoms with van der Waals surface area (Å²) in [6.45, 7) is 0. The van der Waals surface area contributed by atoms with Gasteiger partial charge in [0.25, 0.3) is 6.29 Å². The molecule has 0 spiro atoms. The van der Waals surface area contributed by atoms with E-state index < -0.39 is 0 Å². The Bertz CT molecular complexity index is 286. The third kappa shape index (κ3) is 1.20. The second-order valence-electron chi connectivity index (χ2n) is 3.03. The van der Waals surface area contributed by atoms with Gasteiger partial charge in [0.2, 0.25) is 0 Å². The lowest BCUT2D eigenvalue weighted by molar-refractivity contribution is 0.549. The molecule has 1 heterocycles. The third-order valence-electron chi connectivity index (χ3n) is 2.24. The largest absolute Gasteiger partial charge is 0.375 e. The summed E-state index contributed by atoms with van der Waals surface area (Å²) in [5.74, 6) is 0. The van der Waals surface area contributed by atoms with Gasteiger partial charge < -0.3 is 5.32 Å². The molecule has 0 amide bonds. The minimum Gasteiger partial charge on any atom is -0.375 e. The molecule has 0 aromatic heterocycles. The highest BCUT2D eigenvalue weighted by molar-refractivity contribution is 5.74. The Morgan fingerprint density at radius 3 is 3.17 bits per heavy atom. The van der Waals surface area contributed by atoms with Gasteiger partial charge in [-0.15, -0.1) is 0 Å². The smallest absolute Gasteiger partial charge is 0.250 e. The van der Waals surface area contributed by atoms with Gasteiger partial charge in [0.1, 0.15) is 0 Å². The van der Waals surface area contributed by atoms with Gasteiger partial charge in [-0.2, -0.15) is 0 Å². The topological polar surface area (TPSA) is 29.1 Å². The highest BCUT2D eigenvalue weighted by Gasteiger charge is 2.18. The number of rotatable bonds is 1. The summed E-state index contributed by atoms with van der Waals surface area (Å²) in [6, 6.07) is 0.330. The van der Waals surface area contributed by atoms with Crippen molar-refractivity contribution in [2.45, 2.75) is 18.9 Å². The molecule has 2 heteroatoms. The Hall–Kier alpha value is -1.31. The summed E-state index contributed by atoms with van der Waals surface area (Å²) in [4.78, 5) is 10.3. The average molecular weight is 160 g/mol. The van der Waals surface area contributed by atoms with E-state index >= 15 is 0 Å². The number of allylic oxidation sites excluding steroid dienone is 4. The standard InChI is InChI=1S/C10H10NO/c12-7-9-6-5-8-3-1-2-4-10(8)11-9/h1-2,5-6,10-11H,3-4H2. The van der Waals surface area contributed by atoms with E-state index in [0.29, 0.717) is 11.7 Å². The molecule has 0 bridgehead atoms. The van der Waals surface area contributed by atoms with Crippen LogP contribution in [0.4, 0.5) is 0 Å². The molecule has 2 rings (SSSR count). The molecule has 0 aromatic carbocycles. The number of nitrogens with one attached hydrogen (secondary N) is 1. The lowest BCUT2D eigenvalue weighted by atomic mass is 9.93. The third-order valence-corrected chi connectivity index (χ3v) is 2.24. The van der Waals surface area contributed by atoms with Crippen LogP contribution in [0.1, 0.15) is 12.8 Å². The van der Waals surface area contributed by atoms with Crippen molar-refractivity contribution in [1.29, 1.82) is 0 Å². The van der Waals surface area contributed by atoms with Crippen molar-refractivity contribution >= 4 is 6.29 Å². The first-order valence-electron chi connectivity index (χ1n) is 4.10. The molecule has 1 radical (unpaired) electrons. The molecule has 0 saturated carbocycles. The van der Waals surface area contributed by atoms with Gasteiger partial charge in [0.15, 0.2) is 0 Å². The molecule has 2 aliphatic rings. The quantitative estimate of drug-likeness (QED) is 0.584. The molecule has 1 atom stereocenters. The molecular formula is C10H10NO. The first kappa shape index (κ1) is 7.35. The van der Waals surface area contributed by atoms with Crippen molar-refractivity contribution in [2.24, 2.45) is 0 Å². The Morgan fingerprint density at radius 1 is 1.42 bits per heavy atom. The summed E-state index contributed by atoms with van der Waals surface area (Å²) in [5.41, 5.74) is 1.93. The normalized spacial score (nSPS) is 26.5. The lowest BCUT2D eigenvalue weighted by Gasteiger charge is -2.26. The maximum atomic E-state index is 10.3. The second kappa shape index (κ2) is 2.97. The molecule has 0 saturated heterocycles. The van der Waals surface area contributed by atoms with Gasteiger partial charge >= 0.3 is 0 Å². The zero-order valence-corrected chi connectivity index (χ0v) is 6.71. The molecular weight excluding hydrogens is 150 g/mol. The first-order chi connectivity index (χ1) is 5.90. The van der Waals surface area contributed by atoms with Crippen LogP contribution in [0.3, 0.4) is 0 Å². The summed E-state index contributed by atoms with van der Waals surface area (Å²) in [5, 5.41) is 3.12. The van der Waals surface area contributed by atoms with Gasteiger partial charge in [-0.25, -0.2) is 0 Å². The van der Waals surface area contributed by atoms with Gasteiger partial charge in [-0.3, -0.25) is 4.79 Å². The van der Waals surface area contributed by atoms with Gasteiger partial charge in [0, 0.05) is 0 Å². The Kier molecular flexibility index (Phi) is 1.82.